The number of phosphoric ester groups is 2. The highest BCUT2D eigenvalue weighted by atomic mass is 31.2. The van der Waals surface area contributed by atoms with Crippen LogP contribution in [0, 0.1) is 0 Å². The summed E-state index contributed by atoms with van der Waals surface area (Å²) in [4.78, 5) is 73.0. The molecule has 0 rings (SSSR count). The van der Waals surface area contributed by atoms with E-state index in [0.29, 0.717) is 44.9 Å². The molecule has 0 fully saturated rings. The summed E-state index contributed by atoms with van der Waals surface area (Å²) in [6, 6.07) is 0. The number of allylic oxidation sites excluding steroid dienone is 34. The summed E-state index contributed by atoms with van der Waals surface area (Å²) in [6.07, 6.45) is 101. The summed E-state index contributed by atoms with van der Waals surface area (Å²) < 4.78 is 68.4. The van der Waals surface area contributed by atoms with Crippen molar-refractivity contribution >= 4 is 39.5 Å². The maximum atomic E-state index is 13.1. The van der Waals surface area contributed by atoms with Crippen LogP contribution >= 0.6 is 15.6 Å². The fourth-order valence-electron chi connectivity index (χ4n) is 10.1. The molecule has 0 bridgehead atoms. The Morgan fingerprint density at radius 1 is 0.264 bits per heavy atom. The molecule has 0 aromatic rings. The van der Waals surface area contributed by atoms with Crippen LogP contribution in [0.2, 0.25) is 0 Å². The number of hydrogen-bond donors (Lipinski definition) is 3. The fourth-order valence-corrected chi connectivity index (χ4v) is 11.7. The molecule has 0 spiro atoms. The summed E-state index contributed by atoms with van der Waals surface area (Å²) in [5.41, 5.74) is 0. The SMILES string of the molecule is CC/C=C\C/C=C\C/C=C\C/C=C\C/C=C\C/C=C\CCC(=O)OC[C@H](COP(=O)(O)OC[C@@H](O)COP(=O)(O)OC[C@@H](COC(=O)CC/C=C\C/C=C\C/C=C\C/C=C\C/C=C\C/C=C\CC)OC(=O)CCCCCCCCCCCCCCC)OC(=O)CC/C=C\C/C=C\C/C=C\C/C=C\C/C=C\CCCCC. The Bertz CT molecular complexity index is 2900. The highest BCUT2D eigenvalue weighted by Gasteiger charge is 2.30. The first-order valence-corrected chi connectivity index (χ1v) is 44.3. The van der Waals surface area contributed by atoms with E-state index in [1.165, 1.54) is 70.6 Å². The van der Waals surface area contributed by atoms with E-state index in [-0.39, 0.29) is 25.7 Å². The van der Waals surface area contributed by atoms with Crippen LogP contribution in [0.4, 0.5) is 0 Å². The Morgan fingerprint density at radius 3 is 0.782 bits per heavy atom. The molecule has 0 radical (unpaired) electrons. The van der Waals surface area contributed by atoms with Crippen molar-refractivity contribution in [2.45, 2.75) is 303 Å². The first kappa shape index (κ1) is 104. The highest BCUT2D eigenvalue weighted by molar-refractivity contribution is 7.47. The Hall–Kier alpha value is -6.36. The third-order valence-electron chi connectivity index (χ3n) is 16.3. The summed E-state index contributed by atoms with van der Waals surface area (Å²) in [5.74, 6) is -2.49. The molecular weight excluding hydrogens is 1430 g/mol. The van der Waals surface area contributed by atoms with Gasteiger partial charge in [-0.25, -0.2) is 9.13 Å². The largest absolute Gasteiger partial charge is 0.472 e. The first-order chi connectivity index (χ1) is 53.7. The highest BCUT2D eigenvalue weighted by Crippen LogP contribution is 2.45. The summed E-state index contributed by atoms with van der Waals surface area (Å²) in [7, 11) is -10.0. The van der Waals surface area contributed by atoms with Crippen LogP contribution in [0.5, 0.6) is 0 Å². The van der Waals surface area contributed by atoms with Gasteiger partial charge < -0.3 is 33.8 Å². The van der Waals surface area contributed by atoms with Crippen molar-refractivity contribution in [1.29, 1.82) is 0 Å². The van der Waals surface area contributed by atoms with Crippen molar-refractivity contribution in [3.8, 4) is 0 Å². The molecule has 0 heterocycles. The maximum Gasteiger partial charge on any atom is 0.472 e. The molecule has 0 aliphatic heterocycles. The van der Waals surface area contributed by atoms with Crippen molar-refractivity contribution in [3.05, 3.63) is 207 Å². The normalized spacial score (nSPS) is 14.9. The molecule has 0 aromatic heterocycles. The number of unbranched alkanes of at least 4 members (excludes halogenated alkanes) is 15. The maximum absolute atomic E-state index is 13.1. The van der Waals surface area contributed by atoms with Gasteiger partial charge in [0.1, 0.15) is 19.3 Å². The van der Waals surface area contributed by atoms with Gasteiger partial charge in [-0.1, -0.05) is 324 Å². The molecule has 0 saturated heterocycles. The van der Waals surface area contributed by atoms with Crippen molar-refractivity contribution in [1.82, 2.24) is 0 Å². The lowest BCUT2D eigenvalue weighted by Gasteiger charge is -2.21. The summed E-state index contributed by atoms with van der Waals surface area (Å²) in [6.45, 7) is 4.34. The van der Waals surface area contributed by atoms with Gasteiger partial charge in [-0.2, -0.15) is 0 Å². The van der Waals surface area contributed by atoms with Gasteiger partial charge in [0.2, 0.25) is 0 Å². The molecule has 620 valence electrons. The van der Waals surface area contributed by atoms with E-state index < -0.39 is 97.5 Å². The van der Waals surface area contributed by atoms with Crippen LogP contribution in [-0.2, 0) is 65.4 Å². The van der Waals surface area contributed by atoms with Gasteiger partial charge in [0.15, 0.2) is 12.2 Å². The number of esters is 4. The van der Waals surface area contributed by atoms with Crippen LogP contribution in [0.15, 0.2) is 207 Å². The molecule has 3 N–H and O–H groups in total. The third-order valence-corrected chi connectivity index (χ3v) is 18.2. The Kier molecular flexibility index (Phi) is 76.0. The van der Waals surface area contributed by atoms with Gasteiger partial charge in [0.05, 0.1) is 26.4 Å². The minimum Gasteiger partial charge on any atom is -0.462 e. The van der Waals surface area contributed by atoms with Gasteiger partial charge in [-0.15, -0.1) is 0 Å². The van der Waals surface area contributed by atoms with Crippen LogP contribution in [0.3, 0.4) is 0 Å². The van der Waals surface area contributed by atoms with E-state index in [0.717, 1.165) is 116 Å². The van der Waals surface area contributed by atoms with Gasteiger partial charge in [0, 0.05) is 25.7 Å². The lowest BCUT2D eigenvalue weighted by molar-refractivity contribution is -0.161. The minimum atomic E-state index is -5.03. The Morgan fingerprint density at radius 2 is 0.491 bits per heavy atom. The molecule has 5 atom stereocenters. The minimum absolute atomic E-state index is 0.0111. The molecule has 0 aliphatic rings. The molecule has 0 aliphatic carbocycles. The van der Waals surface area contributed by atoms with Crippen LogP contribution in [0.1, 0.15) is 285 Å². The average Bonchev–Trinajstić information content (AvgIpc) is 0.900. The lowest BCUT2D eigenvalue weighted by Crippen LogP contribution is -2.30. The second kappa shape index (κ2) is 80.7. The van der Waals surface area contributed by atoms with E-state index in [9.17, 15) is 43.2 Å². The molecule has 0 amide bonds. The van der Waals surface area contributed by atoms with Gasteiger partial charge >= 0.3 is 39.5 Å². The fraction of sp³-hybridized carbons (Fsp3) is 0.582. The van der Waals surface area contributed by atoms with E-state index >= 15 is 0 Å². The zero-order chi connectivity index (χ0) is 80.3. The van der Waals surface area contributed by atoms with Crippen LogP contribution < -0.4 is 0 Å². The number of hydrogen-bond acceptors (Lipinski definition) is 15. The van der Waals surface area contributed by atoms with Crippen molar-refractivity contribution < 1.29 is 80.2 Å². The second-order valence-electron chi connectivity index (χ2n) is 26.6. The number of aliphatic hydroxyl groups is 1. The van der Waals surface area contributed by atoms with Crippen LogP contribution in [0.25, 0.3) is 0 Å². The van der Waals surface area contributed by atoms with Crippen molar-refractivity contribution in [2.24, 2.45) is 0 Å². The monoisotopic (exact) mass is 1570 g/mol. The smallest absolute Gasteiger partial charge is 0.462 e. The molecule has 0 aromatic carbocycles. The van der Waals surface area contributed by atoms with Crippen molar-refractivity contribution in [3.63, 3.8) is 0 Å². The molecular formula is C91H144O17P2. The predicted molar refractivity (Wildman–Crippen MR) is 454 cm³/mol. The number of rotatable bonds is 75. The van der Waals surface area contributed by atoms with E-state index in [2.05, 4.69) is 180 Å². The molecule has 19 heteroatoms. The quantitative estimate of drug-likeness (QED) is 0.0169. The van der Waals surface area contributed by atoms with Crippen LogP contribution in [-0.4, -0.2) is 96.7 Å². The van der Waals surface area contributed by atoms with Gasteiger partial charge in [-0.3, -0.25) is 37.3 Å². The second-order valence-corrected chi connectivity index (χ2v) is 29.5. The number of carbonyl (C=O) groups is 4. The molecule has 110 heavy (non-hydrogen) atoms. The molecule has 17 nitrogen and oxygen atoms in total. The van der Waals surface area contributed by atoms with E-state index in [1.807, 2.05) is 54.7 Å². The predicted octanol–water partition coefficient (Wildman–Crippen LogP) is 24.7. The summed E-state index contributed by atoms with van der Waals surface area (Å²) in [5, 5.41) is 10.7. The Balaban J connectivity index is 5.58. The number of aliphatic hydroxyl groups excluding tert-OH is 1. The summed E-state index contributed by atoms with van der Waals surface area (Å²) >= 11 is 0. The van der Waals surface area contributed by atoms with Gasteiger partial charge in [-0.05, 0) is 141 Å². The molecule has 2 unspecified atom stereocenters. The third kappa shape index (κ3) is 79.7. The number of carbonyl (C=O) groups excluding carboxylic acids is 4. The van der Waals surface area contributed by atoms with E-state index in [4.69, 9.17) is 37.0 Å². The van der Waals surface area contributed by atoms with E-state index in [1.54, 1.807) is 0 Å². The zero-order valence-corrected chi connectivity index (χ0v) is 69.6. The molecule has 0 saturated carbocycles. The average molecular weight is 1570 g/mol. The lowest BCUT2D eigenvalue weighted by atomic mass is 10.0. The zero-order valence-electron chi connectivity index (χ0n) is 67.8. The first-order valence-electron chi connectivity index (χ1n) is 41.3. The number of ether oxygens (including phenoxy) is 4. The van der Waals surface area contributed by atoms with Gasteiger partial charge in [0.25, 0.3) is 0 Å². The Labute approximate surface area is 665 Å². The number of phosphoric acid groups is 2. The topological polar surface area (TPSA) is 237 Å². The van der Waals surface area contributed by atoms with Crippen molar-refractivity contribution in [2.75, 3.05) is 39.6 Å². The standard InChI is InChI=1S/C91H144O17P2/c1-5-9-13-17-21-25-29-33-36-39-42-45-48-52-55-59-63-67-71-75-88(93)101-81-86(107-90(95)77-73-69-65-61-57-51-32-28-24-20-16-12-8-4)83-105-109(97,98)103-79-85(92)80-104-110(99,100)106-84-87(108-91(96)78-74-70-66-62-58-54-50-47-44-41-38-35-31-27-23-19-15-11-7-3)82-102-89(94)76-72-68-64-60-56-53-49-46-43-40-37-34-30-26-22-18-14-10-6-2/h9-10,13-14,21-23,25-27,33-38,42-47,52-56,58,63-64,66-68,70,85-87,92H,5-8,11-12,15-20,24,28-32,39-41,48-51,57,59-62,65,69,71-84H2,1-4H3,(H,97,98)(H,99,100)/b13-9-,14-10-,25-21-,26-22-,27-23-,36-33-,37-34-,38-35-,45-42-,46-43-,47-44-,55-52-,56-53-,58-54-,67-63-,68-64-,70-66-/t85-,86+,87+/m0/s1.